The Hall–Kier alpha value is -0.660. The number of aliphatic hydroxyl groups is 1. The SMILES string of the molecule is C[C@@]1(O)c2cc(I)ccc2Oc2ncc(Br)cc21. The summed E-state index contributed by atoms with van der Waals surface area (Å²) >= 11 is 5.58. The zero-order chi connectivity index (χ0) is 12.9. The number of pyridine rings is 1. The Bertz CT molecular complexity index is 589. The number of hydrogen-bond donors (Lipinski definition) is 1. The van der Waals surface area contributed by atoms with Gasteiger partial charge in [-0.15, -0.1) is 0 Å². The van der Waals surface area contributed by atoms with Gasteiger partial charge in [-0.3, -0.25) is 0 Å². The van der Waals surface area contributed by atoms with Gasteiger partial charge < -0.3 is 9.84 Å². The van der Waals surface area contributed by atoms with E-state index in [-0.39, 0.29) is 0 Å². The van der Waals surface area contributed by atoms with Crippen LogP contribution in [0.15, 0.2) is 34.9 Å². The maximum atomic E-state index is 10.8. The van der Waals surface area contributed by atoms with Gasteiger partial charge in [0.15, 0.2) is 0 Å². The van der Waals surface area contributed by atoms with Crippen LogP contribution in [0.3, 0.4) is 0 Å². The van der Waals surface area contributed by atoms with Crippen LogP contribution in [0.4, 0.5) is 0 Å². The molecular formula is C13H9BrINO2. The van der Waals surface area contributed by atoms with Crippen LogP contribution in [0.5, 0.6) is 11.6 Å². The second-order valence-electron chi connectivity index (χ2n) is 4.32. The Morgan fingerprint density at radius 3 is 2.89 bits per heavy atom. The minimum absolute atomic E-state index is 0.455. The van der Waals surface area contributed by atoms with Crippen molar-refractivity contribution in [1.29, 1.82) is 0 Å². The van der Waals surface area contributed by atoms with Crippen LogP contribution in [-0.4, -0.2) is 10.1 Å². The Morgan fingerprint density at radius 2 is 2.11 bits per heavy atom. The number of rotatable bonds is 0. The lowest BCUT2D eigenvalue weighted by Gasteiger charge is -2.32. The molecule has 0 saturated heterocycles. The van der Waals surface area contributed by atoms with Crippen LogP contribution in [-0.2, 0) is 5.60 Å². The smallest absolute Gasteiger partial charge is 0.225 e. The highest BCUT2D eigenvalue weighted by Crippen LogP contribution is 2.46. The average molecular weight is 418 g/mol. The fraction of sp³-hybridized carbons (Fsp3) is 0.154. The number of halogens is 2. The Labute approximate surface area is 126 Å². The summed E-state index contributed by atoms with van der Waals surface area (Å²) in [5, 5.41) is 10.8. The van der Waals surface area contributed by atoms with Crippen molar-refractivity contribution in [3.63, 3.8) is 0 Å². The molecule has 1 N–H and O–H groups in total. The van der Waals surface area contributed by atoms with E-state index in [0.717, 1.165) is 13.6 Å². The summed E-state index contributed by atoms with van der Waals surface area (Å²) in [5.74, 6) is 1.11. The second kappa shape index (κ2) is 4.18. The van der Waals surface area contributed by atoms with Gasteiger partial charge in [0.25, 0.3) is 0 Å². The molecule has 0 amide bonds. The molecule has 1 aliphatic heterocycles. The first-order valence-electron chi connectivity index (χ1n) is 5.35. The molecule has 18 heavy (non-hydrogen) atoms. The predicted octanol–water partition coefficient (Wildman–Crippen LogP) is 3.81. The van der Waals surface area contributed by atoms with Gasteiger partial charge >= 0.3 is 0 Å². The lowest BCUT2D eigenvalue weighted by atomic mass is 9.86. The van der Waals surface area contributed by atoms with Crippen LogP contribution >= 0.6 is 38.5 Å². The monoisotopic (exact) mass is 417 g/mol. The topological polar surface area (TPSA) is 42.4 Å². The van der Waals surface area contributed by atoms with Crippen LogP contribution in [0.2, 0.25) is 0 Å². The van der Waals surface area contributed by atoms with Crippen molar-refractivity contribution < 1.29 is 9.84 Å². The first-order valence-corrected chi connectivity index (χ1v) is 7.22. The lowest BCUT2D eigenvalue weighted by Crippen LogP contribution is -2.28. The summed E-state index contributed by atoms with van der Waals surface area (Å²) in [5.41, 5.74) is 0.342. The largest absolute Gasteiger partial charge is 0.438 e. The quantitative estimate of drug-likeness (QED) is 0.663. The molecule has 1 aliphatic rings. The Morgan fingerprint density at radius 1 is 1.33 bits per heavy atom. The van der Waals surface area contributed by atoms with Crippen LogP contribution in [0, 0.1) is 3.57 Å². The molecule has 3 nitrogen and oxygen atoms in total. The molecule has 2 heterocycles. The maximum Gasteiger partial charge on any atom is 0.225 e. The summed E-state index contributed by atoms with van der Waals surface area (Å²) < 4.78 is 7.60. The van der Waals surface area contributed by atoms with E-state index in [0.29, 0.717) is 17.2 Å². The van der Waals surface area contributed by atoms with Crippen LogP contribution in [0.1, 0.15) is 18.1 Å². The molecule has 5 heteroatoms. The van der Waals surface area contributed by atoms with E-state index in [1.165, 1.54) is 0 Å². The molecule has 1 aromatic carbocycles. The Kier molecular flexibility index (Phi) is 2.87. The molecule has 0 saturated carbocycles. The Balaban J connectivity index is 2.27. The minimum atomic E-state index is -1.10. The summed E-state index contributed by atoms with van der Waals surface area (Å²) in [7, 11) is 0. The second-order valence-corrected chi connectivity index (χ2v) is 6.48. The zero-order valence-electron chi connectivity index (χ0n) is 9.45. The maximum absolute atomic E-state index is 10.8. The molecule has 0 spiro atoms. The number of benzene rings is 1. The molecule has 92 valence electrons. The van der Waals surface area contributed by atoms with E-state index in [9.17, 15) is 5.11 Å². The normalized spacial score (nSPS) is 20.9. The fourth-order valence-electron chi connectivity index (χ4n) is 2.08. The zero-order valence-corrected chi connectivity index (χ0v) is 13.2. The molecule has 1 atom stereocenters. The highest BCUT2D eigenvalue weighted by Gasteiger charge is 2.37. The van der Waals surface area contributed by atoms with E-state index in [1.54, 1.807) is 13.1 Å². The number of fused-ring (bicyclic) bond motifs is 2. The van der Waals surface area contributed by atoms with E-state index in [2.05, 4.69) is 43.5 Å². The minimum Gasteiger partial charge on any atom is -0.438 e. The van der Waals surface area contributed by atoms with Gasteiger partial charge in [-0.05, 0) is 69.7 Å². The van der Waals surface area contributed by atoms with Gasteiger partial charge in [-0.25, -0.2) is 4.98 Å². The van der Waals surface area contributed by atoms with Crippen LogP contribution in [0.25, 0.3) is 0 Å². The van der Waals surface area contributed by atoms with Gasteiger partial charge in [0, 0.05) is 19.8 Å². The van der Waals surface area contributed by atoms with Gasteiger partial charge in [0.1, 0.15) is 11.4 Å². The number of hydrogen-bond acceptors (Lipinski definition) is 3. The highest BCUT2D eigenvalue weighted by atomic mass is 127. The van der Waals surface area contributed by atoms with Crippen molar-refractivity contribution in [3.8, 4) is 11.6 Å². The standard InChI is InChI=1S/C13H9BrINO2/c1-13(17)9-5-8(15)2-3-11(9)18-12-10(13)4-7(14)6-16-12/h2-6,17H,1H3/t13-/m1/s1. The molecule has 2 aromatic rings. The van der Waals surface area contributed by atoms with E-state index in [4.69, 9.17) is 4.74 Å². The number of nitrogens with zero attached hydrogens (tertiary/aromatic N) is 1. The molecule has 0 bridgehead atoms. The fourth-order valence-corrected chi connectivity index (χ4v) is 2.90. The third kappa shape index (κ3) is 1.85. The highest BCUT2D eigenvalue weighted by molar-refractivity contribution is 14.1. The average Bonchev–Trinajstić information content (AvgIpc) is 2.32. The summed E-state index contributed by atoms with van der Waals surface area (Å²) in [6.45, 7) is 1.76. The molecule has 0 fully saturated rings. The number of ether oxygens (including phenoxy) is 1. The van der Waals surface area contributed by atoms with Crippen molar-refractivity contribution in [2.45, 2.75) is 12.5 Å². The predicted molar refractivity (Wildman–Crippen MR) is 79.8 cm³/mol. The number of aromatic nitrogens is 1. The van der Waals surface area contributed by atoms with Crippen LogP contribution < -0.4 is 4.74 Å². The van der Waals surface area contributed by atoms with Crippen molar-refractivity contribution in [2.75, 3.05) is 0 Å². The van der Waals surface area contributed by atoms with Crippen molar-refractivity contribution in [1.82, 2.24) is 4.98 Å². The molecule has 1 aromatic heterocycles. The third-order valence-electron chi connectivity index (χ3n) is 3.01. The first kappa shape index (κ1) is 12.4. The van der Waals surface area contributed by atoms with E-state index < -0.39 is 5.60 Å². The van der Waals surface area contributed by atoms with Gasteiger partial charge in [-0.1, -0.05) is 0 Å². The van der Waals surface area contributed by atoms with E-state index >= 15 is 0 Å². The summed E-state index contributed by atoms with van der Waals surface area (Å²) in [6, 6.07) is 7.57. The van der Waals surface area contributed by atoms with Crippen molar-refractivity contribution in [3.05, 3.63) is 49.6 Å². The van der Waals surface area contributed by atoms with Crippen molar-refractivity contribution >= 4 is 38.5 Å². The van der Waals surface area contributed by atoms with Crippen molar-refractivity contribution in [2.24, 2.45) is 0 Å². The molecular weight excluding hydrogens is 409 g/mol. The lowest BCUT2D eigenvalue weighted by molar-refractivity contribution is 0.0887. The van der Waals surface area contributed by atoms with Gasteiger partial charge in [0.2, 0.25) is 5.88 Å². The van der Waals surface area contributed by atoms with Gasteiger partial charge in [-0.2, -0.15) is 0 Å². The molecule has 0 aliphatic carbocycles. The van der Waals surface area contributed by atoms with E-state index in [1.807, 2.05) is 24.3 Å². The third-order valence-corrected chi connectivity index (χ3v) is 4.12. The summed E-state index contributed by atoms with van der Waals surface area (Å²) in [4.78, 5) is 4.20. The molecule has 0 radical (unpaired) electrons. The first-order chi connectivity index (χ1) is 8.48. The molecule has 0 unspecified atom stereocenters. The molecule has 3 rings (SSSR count). The van der Waals surface area contributed by atoms with Gasteiger partial charge in [0.05, 0.1) is 5.56 Å². The summed E-state index contributed by atoms with van der Waals surface area (Å²) in [6.07, 6.45) is 1.66.